The second kappa shape index (κ2) is 6.47. The summed E-state index contributed by atoms with van der Waals surface area (Å²) >= 11 is 0. The fraction of sp³-hybridized carbons (Fsp3) is 0.467. The number of methoxy groups -OCH3 is 2. The predicted octanol–water partition coefficient (Wildman–Crippen LogP) is 2.28. The molecule has 0 unspecified atom stereocenters. The highest BCUT2D eigenvalue weighted by molar-refractivity contribution is 6.01. The SMILES string of the molecule is COc1cccc(C(=O)C2CCN(C(=O)O)CC2)c1OC. The topological polar surface area (TPSA) is 76.1 Å². The highest BCUT2D eigenvalue weighted by Gasteiger charge is 2.29. The van der Waals surface area contributed by atoms with Crippen LogP contribution in [0.2, 0.25) is 0 Å². The number of hydrogen-bond acceptors (Lipinski definition) is 4. The van der Waals surface area contributed by atoms with Crippen molar-refractivity contribution < 1.29 is 24.2 Å². The molecule has 0 aliphatic carbocycles. The van der Waals surface area contributed by atoms with Gasteiger partial charge >= 0.3 is 6.09 Å². The van der Waals surface area contributed by atoms with Crippen molar-refractivity contribution >= 4 is 11.9 Å². The van der Waals surface area contributed by atoms with Gasteiger partial charge in [-0.2, -0.15) is 0 Å². The number of hydrogen-bond donors (Lipinski definition) is 1. The highest BCUT2D eigenvalue weighted by atomic mass is 16.5. The maximum Gasteiger partial charge on any atom is 0.407 e. The molecule has 6 nitrogen and oxygen atoms in total. The first-order chi connectivity index (χ1) is 10.1. The molecule has 114 valence electrons. The van der Waals surface area contributed by atoms with E-state index in [2.05, 4.69) is 0 Å². The molecular formula is C15H19NO5. The number of piperidine rings is 1. The number of ketones is 1. The van der Waals surface area contributed by atoms with Crippen LogP contribution in [0.4, 0.5) is 4.79 Å². The Morgan fingerprint density at radius 2 is 1.86 bits per heavy atom. The molecule has 1 aliphatic heterocycles. The van der Waals surface area contributed by atoms with Crippen LogP contribution in [0.25, 0.3) is 0 Å². The first-order valence-electron chi connectivity index (χ1n) is 6.81. The molecule has 1 N–H and O–H groups in total. The van der Waals surface area contributed by atoms with Gasteiger partial charge in [-0.15, -0.1) is 0 Å². The summed E-state index contributed by atoms with van der Waals surface area (Å²) in [4.78, 5) is 24.9. The number of benzene rings is 1. The van der Waals surface area contributed by atoms with E-state index in [1.807, 2.05) is 0 Å². The molecule has 0 radical (unpaired) electrons. The first kappa shape index (κ1) is 15.2. The van der Waals surface area contributed by atoms with Crippen LogP contribution in [0.5, 0.6) is 11.5 Å². The maximum absolute atomic E-state index is 12.6. The van der Waals surface area contributed by atoms with Crippen molar-refractivity contribution in [3.63, 3.8) is 0 Å². The van der Waals surface area contributed by atoms with E-state index in [9.17, 15) is 9.59 Å². The van der Waals surface area contributed by atoms with Gasteiger partial charge in [0, 0.05) is 19.0 Å². The molecule has 6 heteroatoms. The summed E-state index contributed by atoms with van der Waals surface area (Å²) < 4.78 is 10.5. The minimum absolute atomic E-state index is 0.0178. The molecule has 2 rings (SSSR count). The molecule has 1 heterocycles. The third-order valence-corrected chi connectivity index (χ3v) is 3.80. The van der Waals surface area contributed by atoms with Crippen molar-refractivity contribution in [3.05, 3.63) is 23.8 Å². The van der Waals surface area contributed by atoms with Gasteiger partial charge in [0.15, 0.2) is 17.3 Å². The molecule has 1 aliphatic rings. The van der Waals surface area contributed by atoms with E-state index in [0.29, 0.717) is 43.0 Å². The van der Waals surface area contributed by atoms with Crippen LogP contribution in [-0.2, 0) is 0 Å². The number of para-hydroxylation sites is 1. The number of nitrogens with zero attached hydrogens (tertiary/aromatic N) is 1. The number of carbonyl (C=O) groups excluding carboxylic acids is 1. The zero-order valence-corrected chi connectivity index (χ0v) is 12.2. The minimum Gasteiger partial charge on any atom is -0.493 e. The number of amides is 1. The van der Waals surface area contributed by atoms with Crippen LogP contribution in [0.1, 0.15) is 23.2 Å². The molecule has 0 spiro atoms. The molecule has 21 heavy (non-hydrogen) atoms. The second-order valence-electron chi connectivity index (χ2n) is 4.95. The molecule has 1 saturated heterocycles. The van der Waals surface area contributed by atoms with Gasteiger partial charge in [0.05, 0.1) is 19.8 Å². The number of Topliss-reactive ketones (excluding diaryl/α,β-unsaturated/α-hetero) is 1. The molecule has 0 bridgehead atoms. The summed E-state index contributed by atoms with van der Waals surface area (Å²) in [6.45, 7) is 0.774. The molecule has 1 aromatic carbocycles. The van der Waals surface area contributed by atoms with E-state index in [1.54, 1.807) is 18.2 Å². The van der Waals surface area contributed by atoms with E-state index in [1.165, 1.54) is 19.1 Å². The lowest BCUT2D eigenvalue weighted by Crippen LogP contribution is -2.39. The average molecular weight is 293 g/mol. The van der Waals surface area contributed by atoms with E-state index in [-0.39, 0.29) is 11.7 Å². The fourth-order valence-corrected chi connectivity index (χ4v) is 2.63. The lowest BCUT2D eigenvalue weighted by molar-refractivity contribution is 0.0818. The summed E-state index contributed by atoms with van der Waals surface area (Å²) in [5.74, 6) is 0.759. The predicted molar refractivity (Wildman–Crippen MR) is 76.2 cm³/mol. The van der Waals surface area contributed by atoms with Crippen molar-refractivity contribution in [2.24, 2.45) is 5.92 Å². The zero-order chi connectivity index (χ0) is 15.4. The van der Waals surface area contributed by atoms with Gasteiger partial charge in [-0.3, -0.25) is 4.79 Å². The molecule has 1 fully saturated rings. The van der Waals surface area contributed by atoms with Gasteiger partial charge in [-0.05, 0) is 25.0 Å². The van der Waals surface area contributed by atoms with Gasteiger partial charge in [0.1, 0.15) is 0 Å². The molecule has 1 amide bonds. The van der Waals surface area contributed by atoms with E-state index < -0.39 is 6.09 Å². The van der Waals surface area contributed by atoms with Crippen LogP contribution in [0.3, 0.4) is 0 Å². The Morgan fingerprint density at radius 1 is 1.19 bits per heavy atom. The van der Waals surface area contributed by atoms with Gasteiger partial charge in [-0.1, -0.05) is 6.07 Å². The fourth-order valence-electron chi connectivity index (χ4n) is 2.63. The Hall–Kier alpha value is -2.24. The monoisotopic (exact) mass is 293 g/mol. The average Bonchev–Trinajstić information content (AvgIpc) is 2.53. The molecule has 0 aromatic heterocycles. The number of rotatable bonds is 4. The van der Waals surface area contributed by atoms with Crippen LogP contribution >= 0.6 is 0 Å². The molecular weight excluding hydrogens is 274 g/mol. The van der Waals surface area contributed by atoms with E-state index >= 15 is 0 Å². The lowest BCUT2D eigenvalue weighted by atomic mass is 9.88. The van der Waals surface area contributed by atoms with Crippen LogP contribution in [-0.4, -0.2) is 49.2 Å². The number of carboxylic acid groups (broad SMARTS) is 1. The molecule has 0 saturated carbocycles. The normalized spacial score (nSPS) is 15.6. The Kier molecular flexibility index (Phi) is 4.67. The van der Waals surface area contributed by atoms with Crippen LogP contribution in [0, 0.1) is 5.92 Å². The number of ether oxygens (including phenoxy) is 2. The lowest BCUT2D eigenvalue weighted by Gasteiger charge is -2.29. The third kappa shape index (κ3) is 3.09. The van der Waals surface area contributed by atoms with Crippen LogP contribution < -0.4 is 9.47 Å². The summed E-state index contributed by atoms with van der Waals surface area (Å²) in [7, 11) is 3.03. The number of carbonyl (C=O) groups is 2. The van der Waals surface area contributed by atoms with Crippen molar-refractivity contribution in [1.29, 1.82) is 0 Å². The Morgan fingerprint density at radius 3 is 2.38 bits per heavy atom. The van der Waals surface area contributed by atoms with E-state index in [4.69, 9.17) is 14.6 Å². The number of likely N-dealkylation sites (tertiary alicyclic amines) is 1. The molecule has 0 atom stereocenters. The van der Waals surface area contributed by atoms with Crippen molar-refractivity contribution in [2.45, 2.75) is 12.8 Å². The highest BCUT2D eigenvalue weighted by Crippen LogP contribution is 2.34. The van der Waals surface area contributed by atoms with Crippen molar-refractivity contribution in [3.8, 4) is 11.5 Å². The van der Waals surface area contributed by atoms with Gasteiger partial charge < -0.3 is 19.5 Å². The Bertz CT molecular complexity index is 535. The van der Waals surface area contributed by atoms with Crippen LogP contribution in [0.15, 0.2) is 18.2 Å². The minimum atomic E-state index is -0.931. The summed E-state index contributed by atoms with van der Waals surface area (Å²) in [6, 6.07) is 5.21. The quantitative estimate of drug-likeness (QED) is 0.862. The zero-order valence-electron chi connectivity index (χ0n) is 12.2. The van der Waals surface area contributed by atoms with Crippen molar-refractivity contribution in [2.75, 3.05) is 27.3 Å². The molecule has 1 aromatic rings. The van der Waals surface area contributed by atoms with Crippen molar-refractivity contribution in [1.82, 2.24) is 4.90 Å². The van der Waals surface area contributed by atoms with Gasteiger partial charge in [0.2, 0.25) is 0 Å². The summed E-state index contributed by atoms with van der Waals surface area (Å²) in [5.41, 5.74) is 0.491. The maximum atomic E-state index is 12.6. The smallest absolute Gasteiger partial charge is 0.407 e. The standard InChI is InChI=1S/C15H19NO5/c1-20-12-5-3-4-11(14(12)21-2)13(17)10-6-8-16(9-7-10)15(18)19/h3-5,10H,6-9H2,1-2H3,(H,18,19). The summed E-state index contributed by atoms with van der Waals surface area (Å²) in [6.07, 6.45) is 0.136. The summed E-state index contributed by atoms with van der Waals surface area (Å²) in [5, 5.41) is 8.94. The third-order valence-electron chi connectivity index (χ3n) is 3.80. The second-order valence-corrected chi connectivity index (χ2v) is 4.95. The van der Waals surface area contributed by atoms with E-state index in [0.717, 1.165) is 0 Å². The Balaban J connectivity index is 2.16. The largest absolute Gasteiger partial charge is 0.493 e. The van der Waals surface area contributed by atoms with Gasteiger partial charge in [-0.25, -0.2) is 4.79 Å². The Labute approximate surface area is 123 Å². The van der Waals surface area contributed by atoms with Gasteiger partial charge in [0.25, 0.3) is 0 Å². The first-order valence-corrected chi connectivity index (χ1v) is 6.81.